The molecular weight excluding hydrogens is 260 g/mol. The van der Waals surface area contributed by atoms with Crippen LogP contribution >= 0.6 is 11.3 Å². The molecule has 0 aromatic carbocycles. The molecule has 2 rings (SSSR count). The molecular formula is C14H18N2O2S. The van der Waals surface area contributed by atoms with Crippen LogP contribution in [-0.4, -0.2) is 32.2 Å². The topological polar surface area (TPSA) is 64.4 Å². The molecule has 5 heteroatoms. The van der Waals surface area contributed by atoms with E-state index < -0.39 is 0 Å². The minimum Gasteiger partial charge on any atom is -0.381 e. The highest BCUT2D eigenvalue weighted by molar-refractivity contribution is 7.14. The van der Waals surface area contributed by atoms with Gasteiger partial charge < -0.3 is 15.8 Å². The zero-order valence-electron chi connectivity index (χ0n) is 10.8. The van der Waals surface area contributed by atoms with E-state index in [0.29, 0.717) is 17.3 Å². The molecule has 19 heavy (non-hydrogen) atoms. The third kappa shape index (κ3) is 4.35. The van der Waals surface area contributed by atoms with Gasteiger partial charge in [0.2, 0.25) is 0 Å². The molecule has 1 aromatic heterocycles. The second-order valence-electron chi connectivity index (χ2n) is 4.44. The molecule has 0 radical (unpaired) electrons. The third-order valence-corrected chi connectivity index (χ3v) is 4.04. The summed E-state index contributed by atoms with van der Waals surface area (Å²) in [5.41, 5.74) is 5.31. The molecule has 1 aromatic rings. The molecule has 0 spiro atoms. The van der Waals surface area contributed by atoms with Crippen LogP contribution in [-0.2, 0) is 4.74 Å². The molecule has 1 aliphatic heterocycles. The molecule has 0 atom stereocenters. The highest BCUT2D eigenvalue weighted by atomic mass is 32.1. The smallest absolute Gasteiger partial charge is 0.261 e. The van der Waals surface area contributed by atoms with Crippen LogP contribution in [0.2, 0.25) is 0 Å². The van der Waals surface area contributed by atoms with E-state index in [2.05, 4.69) is 17.2 Å². The van der Waals surface area contributed by atoms with Crippen molar-refractivity contribution in [3.05, 3.63) is 21.9 Å². The SMILES string of the molecule is NCC#Cc1ccc(C(=O)NCC2CCOCC2)s1. The van der Waals surface area contributed by atoms with E-state index in [-0.39, 0.29) is 5.91 Å². The van der Waals surface area contributed by atoms with Crippen molar-refractivity contribution >= 4 is 17.2 Å². The summed E-state index contributed by atoms with van der Waals surface area (Å²) in [5.74, 6) is 6.24. The van der Waals surface area contributed by atoms with E-state index in [0.717, 1.165) is 37.5 Å². The van der Waals surface area contributed by atoms with Crippen molar-refractivity contribution in [1.82, 2.24) is 5.32 Å². The molecule has 0 aliphatic carbocycles. The van der Waals surface area contributed by atoms with Crippen molar-refractivity contribution in [2.24, 2.45) is 11.7 Å². The van der Waals surface area contributed by atoms with E-state index >= 15 is 0 Å². The number of carbonyl (C=O) groups is 1. The first-order chi connectivity index (χ1) is 9.29. The Morgan fingerprint density at radius 2 is 2.26 bits per heavy atom. The second kappa shape index (κ2) is 7.29. The fraction of sp³-hybridized carbons (Fsp3) is 0.500. The van der Waals surface area contributed by atoms with Gasteiger partial charge in [0.25, 0.3) is 5.91 Å². The standard InChI is InChI=1S/C14H18N2O2S/c15-7-1-2-12-3-4-13(19-12)14(17)16-10-11-5-8-18-9-6-11/h3-4,11H,5-10,15H2,(H,16,17). The van der Waals surface area contributed by atoms with E-state index in [9.17, 15) is 4.79 Å². The van der Waals surface area contributed by atoms with Crippen molar-refractivity contribution < 1.29 is 9.53 Å². The van der Waals surface area contributed by atoms with Crippen LogP contribution in [0.1, 0.15) is 27.4 Å². The van der Waals surface area contributed by atoms with Crippen molar-refractivity contribution in [2.45, 2.75) is 12.8 Å². The molecule has 102 valence electrons. The lowest BCUT2D eigenvalue weighted by molar-refractivity contribution is 0.0643. The summed E-state index contributed by atoms with van der Waals surface area (Å²) < 4.78 is 5.30. The Labute approximate surface area is 117 Å². The van der Waals surface area contributed by atoms with Crippen molar-refractivity contribution in [3.63, 3.8) is 0 Å². The first-order valence-electron chi connectivity index (χ1n) is 6.44. The van der Waals surface area contributed by atoms with Gasteiger partial charge in [0.1, 0.15) is 0 Å². The van der Waals surface area contributed by atoms with Crippen LogP contribution in [0.3, 0.4) is 0 Å². The Morgan fingerprint density at radius 3 is 3.00 bits per heavy atom. The van der Waals surface area contributed by atoms with E-state index in [1.54, 1.807) is 0 Å². The molecule has 1 fully saturated rings. The van der Waals surface area contributed by atoms with Gasteiger partial charge in [-0.05, 0) is 30.9 Å². The number of carbonyl (C=O) groups excluding carboxylic acids is 1. The van der Waals surface area contributed by atoms with Crippen LogP contribution in [0.4, 0.5) is 0 Å². The van der Waals surface area contributed by atoms with Gasteiger partial charge in [-0.15, -0.1) is 11.3 Å². The maximum Gasteiger partial charge on any atom is 0.261 e. The first-order valence-corrected chi connectivity index (χ1v) is 7.26. The van der Waals surface area contributed by atoms with Crippen molar-refractivity contribution in [3.8, 4) is 11.8 Å². The molecule has 2 heterocycles. The monoisotopic (exact) mass is 278 g/mol. The number of amides is 1. The van der Waals surface area contributed by atoms with Gasteiger partial charge in [-0.2, -0.15) is 0 Å². The minimum absolute atomic E-state index is 0.0164. The molecule has 3 N–H and O–H groups in total. The lowest BCUT2D eigenvalue weighted by Crippen LogP contribution is -2.31. The van der Waals surface area contributed by atoms with Gasteiger partial charge in [0.15, 0.2) is 0 Å². The largest absolute Gasteiger partial charge is 0.381 e. The number of nitrogens with two attached hydrogens (primary N) is 1. The number of ether oxygens (including phenoxy) is 1. The van der Waals surface area contributed by atoms with E-state index in [1.165, 1.54) is 11.3 Å². The summed E-state index contributed by atoms with van der Waals surface area (Å²) in [6, 6.07) is 3.67. The molecule has 1 amide bonds. The van der Waals surface area contributed by atoms with Crippen LogP contribution < -0.4 is 11.1 Å². The number of nitrogens with one attached hydrogen (secondary N) is 1. The summed E-state index contributed by atoms with van der Waals surface area (Å²) in [6.45, 7) is 2.67. The molecule has 1 aliphatic rings. The van der Waals surface area contributed by atoms with Crippen molar-refractivity contribution in [2.75, 3.05) is 26.3 Å². The molecule has 0 unspecified atom stereocenters. The molecule has 0 saturated carbocycles. The number of hydrogen-bond donors (Lipinski definition) is 2. The summed E-state index contributed by atoms with van der Waals surface area (Å²) in [6.07, 6.45) is 2.05. The summed E-state index contributed by atoms with van der Waals surface area (Å²) in [5, 5.41) is 2.98. The van der Waals surface area contributed by atoms with Crippen molar-refractivity contribution in [1.29, 1.82) is 0 Å². The van der Waals surface area contributed by atoms with Crippen LogP contribution in [0.15, 0.2) is 12.1 Å². The van der Waals surface area contributed by atoms with Crippen LogP contribution in [0, 0.1) is 17.8 Å². The van der Waals surface area contributed by atoms with Crippen LogP contribution in [0.5, 0.6) is 0 Å². The quantitative estimate of drug-likeness (QED) is 0.817. The van der Waals surface area contributed by atoms with E-state index in [1.807, 2.05) is 12.1 Å². The van der Waals surface area contributed by atoms with Gasteiger partial charge in [-0.25, -0.2) is 0 Å². The minimum atomic E-state index is -0.0164. The average Bonchev–Trinajstić information content (AvgIpc) is 2.92. The average molecular weight is 278 g/mol. The zero-order chi connectivity index (χ0) is 13.5. The Morgan fingerprint density at radius 1 is 1.47 bits per heavy atom. The van der Waals surface area contributed by atoms with Gasteiger partial charge in [0.05, 0.1) is 16.3 Å². The second-order valence-corrected chi connectivity index (χ2v) is 5.52. The normalized spacial score (nSPS) is 15.6. The first kappa shape index (κ1) is 14.1. The molecule has 0 bridgehead atoms. The Hall–Kier alpha value is -1.35. The lowest BCUT2D eigenvalue weighted by Gasteiger charge is -2.21. The van der Waals surface area contributed by atoms with Gasteiger partial charge >= 0.3 is 0 Å². The number of hydrogen-bond acceptors (Lipinski definition) is 4. The fourth-order valence-corrected chi connectivity index (χ4v) is 2.74. The number of thiophene rings is 1. The Kier molecular flexibility index (Phi) is 5.40. The maximum absolute atomic E-state index is 12.0. The molecule has 1 saturated heterocycles. The number of rotatable bonds is 3. The van der Waals surface area contributed by atoms with Gasteiger partial charge in [-0.3, -0.25) is 4.79 Å². The Balaban J connectivity index is 1.83. The lowest BCUT2D eigenvalue weighted by atomic mass is 10.0. The predicted octanol–water partition coefficient (Wildman–Crippen LogP) is 1.21. The zero-order valence-corrected chi connectivity index (χ0v) is 11.6. The third-order valence-electron chi connectivity index (χ3n) is 3.04. The maximum atomic E-state index is 12.0. The Bertz CT molecular complexity index is 481. The highest BCUT2D eigenvalue weighted by Gasteiger charge is 2.15. The summed E-state index contributed by atoms with van der Waals surface area (Å²) >= 11 is 1.40. The summed E-state index contributed by atoms with van der Waals surface area (Å²) in [4.78, 5) is 13.5. The van der Waals surface area contributed by atoms with Gasteiger partial charge in [0, 0.05) is 19.8 Å². The summed E-state index contributed by atoms with van der Waals surface area (Å²) in [7, 11) is 0. The fourth-order valence-electron chi connectivity index (χ4n) is 1.94. The molecule has 4 nitrogen and oxygen atoms in total. The van der Waals surface area contributed by atoms with Crippen LogP contribution in [0.25, 0.3) is 0 Å². The highest BCUT2D eigenvalue weighted by Crippen LogP contribution is 2.16. The van der Waals surface area contributed by atoms with Gasteiger partial charge in [-0.1, -0.05) is 11.8 Å². The van der Waals surface area contributed by atoms with E-state index in [4.69, 9.17) is 10.5 Å². The predicted molar refractivity (Wildman–Crippen MR) is 76.1 cm³/mol.